The Balaban J connectivity index is 1.95. The molecule has 0 radical (unpaired) electrons. The zero-order valence-electron chi connectivity index (χ0n) is 13.1. The first-order chi connectivity index (χ1) is 9.98. The highest BCUT2D eigenvalue weighted by Gasteiger charge is 2.29. The van der Waals surface area contributed by atoms with Crippen LogP contribution in [0.4, 0.5) is 0 Å². The molecule has 0 amide bonds. The van der Waals surface area contributed by atoms with Crippen molar-refractivity contribution in [2.75, 3.05) is 18.1 Å². The minimum absolute atomic E-state index is 0.329. The SMILES string of the molecule is CCCNC(Cc1ccc(C)cc1)CC1CCS(=O)(=O)C1. The summed E-state index contributed by atoms with van der Waals surface area (Å²) >= 11 is 0. The van der Waals surface area contributed by atoms with Gasteiger partial charge in [-0.25, -0.2) is 8.42 Å². The van der Waals surface area contributed by atoms with E-state index in [1.165, 1.54) is 11.1 Å². The topological polar surface area (TPSA) is 46.2 Å². The Bertz CT molecular complexity index is 536. The van der Waals surface area contributed by atoms with E-state index >= 15 is 0 Å². The average Bonchev–Trinajstić information content (AvgIpc) is 2.78. The van der Waals surface area contributed by atoms with Crippen LogP contribution in [-0.2, 0) is 16.3 Å². The van der Waals surface area contributed by atoms with Gasteiger partial charge in [0.1, 0.15) is 0 Å². The molecular weight excluding hydrogens is 282 g/mol. The molecule has 0 saturated carbocycles. The highest BCUT2D eigenvalue weighted by molar-refractivity contribution is 7.91. The van der Waals surface area contributed by atoms with Gasteiger partial charge in [-0.3, -0.25) is 0 Å². The molecule has 1 aliphatic heterocycles. The summed E-state index contributed by atoms with van der Waals surface area (Å²) in [7, 11) is -2.77. The van der Waals surface area contributed by atoms with Gasteiger partial charge in [0.2, 0.25) is 0 Å². The Labute approximate surface area is 129 Å². The van der Waals surface area contributed by atoms with Gasteiger partial charge in [0.05, 0.1) is 11.5 Å². The van der Waals surface area contributed by atoms with Gasteiger partial charge in [0, 0.05) is 6.04 Å². The lowest BCUT2D eigenvalue weighted by atomic mass is 9.94. The molecule has 2 atom stereocenters. The summed E-state index contributed by atoms with van der Waals surface area (Å²) in [6.45, 7) is 5.26. The molecule has 1 N–H and O–H groups in total. The number of benzene rings is 1. The number of sulfone groups is 1. The van der Waals surface area contributed by atoms with Crippen LogP contribution in [0.2, 0.25) is 0 Å². The van der Waals surface area contributed by atoms with Gasteiger partial charge in [-0.15, -0.1) is 0 Å². The number of hydrogen-bond donors (Lipinski definition) is 1. The normalized spacial score (nSPS) is 22.3. The van der Waals surface area contributed by atoms with E-state index in [9.17, 15) is 8.42 Å². The molecule has 1 fully saturated rings. The third kappa shape index (κ3) is 5.44. The van der Waals surface area contributed by atoms with Crippen molar-refractivity contribution in [2.24, 2.45) is 5.92 Å². The smallest absolute Gasteiger partial charge is 0.150 e. The number of hydrogen-bond acceptors (Lipinski definition) is 3. The third-order valence-corrected chi connectivity index (χ3v) is 6.07. The maximum Gasteiger partial charge on any atom is 0.150 e. The summed E-state index contributed by atoms with van der Waals surface area (Å²) in [5.74, 6) is 1.09. The summed E-state index contributed by atoms with van der Waals surface area (Å²) in [5.41, 5.74) is 2.61. The summed E-state index contributed by atoms with van der Waals surface area (Å²) in [4.78, 5) is 0. The molecule has 4 heteroatoms. The van der Waals surface area contributed by atoms with Crippen LogP contribution in [0.1, 0.15) is 37.3 Å². The van der Waals surface area contributed by atoms with E-state index in [1.807, 2.05) is 0 Å². The van der Waals surface area contributed by atoms with Gasteiger partial charge in [-0.2, -0.15) is 0 Å². The Morgan fingerprint density at radius 3 is 2.57 bits per heavy atom. The van der Waals surface area contributed by atoms with Crippen molar-refractivity contribution in [3.8, 4) is 0 Å². The Morgan fingerprint density at radius 1 is 1.29 bits per heavy atom. The van der Waals surface area contributed by atoms with Crippen LogP contribution >= 0.6 is 0 Å². The van der Waals surface area contributed by atoms with Crippen molar-refractivity contribution in [1.82, 2.24) is 5.32 Å². The van der Waals surface area contributed by atoms with Gasteiger partial charge >= 0.3 is 0 Å². The first-order valence-electron chi connectivity index (χ1n) is 7.98. The molecule has 118 valence electrons. The predicted molar refractivity (Wildman–Crippen MR) is 88.3 cm³/mol. The lowest BCUT2D eigenvalue weighted by molar-refractivity contribution is 0.403. The van der Waals surface area contributed by atoms with E-state index in [4.69, 9.17) is 0 Å². The van der Waals surface area contributed by atoms with Crippen LogP contribution in [0.25, 0.3) is 0 Å². The second kappa shape index (κ2) is 7.41. The minimum atomic E-state index is -2.77. The van der Waals surface area contributed by atoms with Crippen molar-refractivity contribution >= 4 is 9.84 Å². The largest absolute Gasteiger partial charge is 0.314 e. The van der Waals surface area contributed by atoms with Crippen LogP contribution in [0, 0.1) is 12.8 Å². The summed E-state index contributed by atoms with van der Waals surface area (Å²) in [5, 5.41) is 3.59. The fraction of sp³-hybridized carbons (Fsp3) is 0.647. The molecule has 0 bridgehead atoms. The zero-order valence-corrected chi connectivity index (χ0v) is 14.0. The van der Waals surface area contributed by atoms with Crippen LogP contribution < -0.4 is 5.32 Å². The monoisotopic (exact) mass is 309 g/mol. The highest BCUT2D eigenvalue weighted by atomic mass is 32.2. The molecule has 2 unspecified atom stereocenters. The maximum absolute atomic E-state index is 11.6. The first-order valence-corrected chi connectivity index (χ1v) is 9.80. The zero-order chi connectivity index (χ0) is 15.3. The first kappa shape index (κ1) is 16.5. The number of nitrogens with one attached hydrogen (secondary N) is 1. The molecule has 21 heavy (non-hydrogen) atoms. The Kier molecular flexibility index (Phi) is 5.82. The molecule has 0 aromatic heterocycles. The van der Waals surface area contributed by atoms with E-state index in [0.717, 1.165) is 32.2 Å². The van der Waals surface area contributed by atoms with Gasteiger partial charge < -0.3 is 5.32 Å². The van der Waals surface area contributed by atoms with Crippen LogP contribution in [0.5, 0.6) is 0 Å². The maximum atomic E-state index is 11.6. The molecule has 1 aromatic carbocycles. The molecule has 1 heterocycles. The minimum Gasteiger partial charge on any atom is -0.314 e. The standard InChI is InChI=1S/C17H27NO2S/c1-3-9-18-17(11-15-6-4-14(2)5-7-15)12-16-8-10-21(19,20)13-16/h4-7,16-18H,3,8-13H2,1-2H3. The molecule has 1 aromatic rings. The molecular formula is C17H27NO2S. The van der Waals surface area contributed by atoms with E-state index in [1.54, 1.807) is 0 Å². The fourth-order valence-electron chi connectivity index (χ4n) is 3.06. The van der Waals surface area contributed by atoms with Crippen molar-refractivity contribution in [1.29, 1.82) is 0 Å². The van der Waals surface area contributed by atoms with E-state index < -0.39 is 9.84 Å². The van der Waals surface area contributed by atoms with E-state index in [2.05, 4.69) is 43.4 Å². The molecule has 1 aliphatic rings. The summed E-state index contributed by atoms with van der Waals surface area (Å²) < 4.78 is 23.2. The molecule has 0 spiro atoms. The number of rotatable bonds is 7. The third-order valence-electron chi connectivity index (χ3n) is 4.23. The van der Waals surface area contributed by atoms with Crippen molar-refractivity contribution in [2.45, 2.75) is 45.6 Å². The Morgan fingerprint density at radius 2 is 2.00 bits per heavy atom. The quantitative estimate of drug-likeness (QED) is 0.842. The summed E-state index contributed by atoms with van der Waals surface area (Å²) in [6.07, 6.45) is 3.89. The van der Waals surface area contributed by atoms with E-state index in [0.29, 0.717) is 23.5 Å². The lowest BCUT2D eigenvalue weighted by Gasteiger charge is -2.21. The van der Waals surface area contributed by atoms with Crippen LogP contribution in [0.15, 0.2) is 24.3 Å². The summed E-state index contributed by atoms with van der Waals surface area (Å²) in [6, 6.07) is 9.03. The highest BCUT2D eigenvalue weighted by Crippen LogP contribution is 2.24. The molecule has 2 rings (SSSR count). The molecule has 1 saturated heterocycles. The van der Waals surface area contributed by atoms with Crippen molar-refractivity contribution in [3.05, 3.63) is 35.4 Å². The lowest BCUT2D eigenvalue weighted by Crippen LogP contribution is -2.34. The van der Waals surface area contributed by atoms with Gasteiger partial charge in [0.15, 0.2) is 9.84 Å². The molecule has 3 nitrogen and oxygen atoms in total. The van der Waals surface area contributed by atoms with Crippen molar-refractivity contribution in [3.63, 3.8) is 0 Å². The van der Waals surface area contributed by atoms with Crippen molar-refractivity contribution < 1.29 is 8.42 Å². The second-order valence-corrected chi connectivity index (χ2v) is 8.57. The van der Waals surface area contributed by atoms with Gasteiger partial charge in [-0.1, -0.05) is 36.8 Å². The fourth-order valence-corrected chi connectivity index (χ4v) is 4.94. The molecule has 0 aliphatic carbocycles. The van der Waals surface area contributed by atoms with Crippen LogP contribution in [-0.4, -0.2) is 32.5 Å². The Hall–Kier alpha value is -0.870. The van der Waals surface area contributed by atoms with Gasteiger partial charge in [0.25, 0.3) is 0 Å². The second-order valence-electron chi connectivity index (χ2n) is 6.35. The van der Waals surface area contributed by atoms with E-state index in [-0.39, 0.29) is 0 Å². The average molecular weight is 309 g/mol. The van der Waals surface area contributed by atoms with Gasteiger partial charge in [-0.05, 0) is 50.6 Å². The number of aryl methyl sites for hydroxylation is 1. The predicted octanol–water partition coefficient (Wildman–Crippen LogP) is 2.73. The van der Waals surface area contributed by atoms with Crippen LogP contribution in [0.3, 0.4) is 0 Å².